The molecular formula is C13H20O6. The Bertz CT molecular complexity index is 259. The molecule has 0 saturated carbocycles. The van der Waals surface area contributed by atoms with Crippen molar-refractivity contribution in [2.24, 2.45) is 0 Å². The van der Waals surface area contributed by atoms with E-state index in [1.165, 1.54) is 6.08 Å². The number of ether oxygens (including phenoxy) is 5. The Kier molecular flexibility index (Phi) is 11.2. The van der Waals surface area contributed by atoms with Crippen LogP contribution in [0.4, 0.5) is 4.79 Å². The minimum Gasteiger partial charge on any atom is -0.463 e. The van der Waals surface area contributed by atoms with Crippen molar-refractivity contribution in [2.75, 3.05) is 39.6 Å². The first-order chi connectivity index (χ1) is 9.20. The van der Waals surface area contributed by atoms with Crippen LogP contribution in [0.5, 0.6) is 0 Å². The van der Waals surface area contributed by atoms with Crippen LogP contribution in [0.15, 0.2) is 37.8 Å². The summed E-state index contributed by atoms with van der Waals surface area (Å²) in [6, 6.07) is 0. The molecule has 0 atom stereocenters. The Morgan fingerprint density at radius 1 is 0.842 bits per heavy atom. The van der Waals surface area contributed by atoms with Gasteiger partial charge in [-0.25, -0.2) is 4.79 Å². The largest absolute Gasteiger partial charge is 0.508 e. The molecule has 108 valence electrons. The fraction of sp³-hybridized carbons (Fsp3) is 0.462. The summed E-state index contributed by atoms with van der Waals surface area (Å²) in [4.78, 5) is 10.9. The molecule has 0 spiro atoms. The molecule has 6 heteroatoms. The van der Waals surface area contributed by atoms with Gasteiger partial charge in [-0.3, -0.25) is 0 Å². The van der Waals surface area contributed by atoms with Gasteiger partial charge < -0.3 is 23.7 Å². The Balaban J connectivity index is 3.26. The summed E-state index contributed by atoms with van der Waals surface area (Å²) in [5.74, 6) is 0.216. The molecule has 0 bridgehead atoms. The lowest BCUT2D eigenvalue weighted by molar-refractivity contribution is -0.00309. The number of carbonyl (C=O) groups is 1. The van der Waals surface area contributed by atoms with Crippen LogP contribution >= 0.6 is 0 Å². The average Bonchev–Trinajstić information content (AvgIpc) is 2.41. The summed E-state index contributed by atoms with van der Waals surface area (Å²) in [5.41, 5.74) is 0. The quantitative estimate of drug-likeness (QED) is 0.234. The third kappa shape index (κ3) is 12.3. The van der Waals surface area contributed by atoms with Crippen LogP contribution < -0.4 is 0 Å². The van der Waals surface area contributed by atoms with Crippen LogP contribution in [-0.2, 0) is 23.7 Å². The maximum Gasteiger partial charge on any atom is 0.508 e. The fourth-order valence-corrected chi connectivity index (χ4v) is 0.863. The van der Waals surface area contributed by atoms with E-state index in [1.807, 2.05) is 0 Å². The molecule has 0 saturated heterocycles. The van der Waals surface area contributed by atoms with E-state index in [0.29, 0.717) is 19.8 Å². The van der Waals surface area contributed by atoms with Crippen LogP contribution in [0, 0.1) is 0 Å². The fourth-order valence-electron chi connectivity index (χ4n) is 0.863. The van der Waals surface area contributed by atoms with E-state index < -0.39 is 6.16 Å². The minimum atomic E-state index is -0.744. The topological polar surface area (TPSA) is 63.2 Å². The second kappa shape index (κ2) is 12.5. The zero-order chi connectivity index (χ0) is 14.3. The van der Waals surface area contributed by atoms with Gasteiger partial charge in [-0.2, -0.15) is 0 Å². The first-order valence-corrected chi connectivity index (χ1v) is 5.74. The van der Waals surface area contributed by atoms with E-state index in [-0.39, 0.29) is 25.8 Å². The highest BCUT2D eigenvalue weighted by atomic mass is 16.7. The molecule has 0 fully saturated rings. The molecule has 6 nitrogen and oxygen atoms in total. The first kappa shape index (κ1) is 17.1. The SMILES string of the molecule is C=CCOC(=C)OCCOCCOC(=O)OCC=C. The maximum atomic E-state index is 10.9. The molecule has 0 heterocycles. The summed E-state index contributed by atoms with van der Waals surface area (Å²) in [6.45, 7) is 11.9. The summed E-state index contributed by atoms with van der Waals surface area (Å²) in [5, 5.41) is 0. The Labute approximate surface area is 113 Å². The standard InChI is InChI=1S/C13H20O6/c1-4-6-16-12(3)17-10-8-15-9-11-19-13(14)18-7-5-2/h4-5H,1-3,6-11H2. The van der Waals surface area contributed by atoms with Crippen LogP contribution in [0.25, 0.3) is 0 Å². The van der Waals surface area contributed by atoms with E-state index in [0.717, 1.165) is 0 Å². The molecular weight excluding hydrogens is 252 g/mol. The Hall–Kier alpha value is -1.95. The predicted octanol–water partition coefficient (Wildman–Crippen LogP) is 2.03. The molecule has 0 aromatic carbocycles. The van der Waals surface area contributed by atoms with Crippen molar-refractivity contribution in [3.05, 3.63) is 37.8 Å². The summed E-state index contributed by atoms with van der Waals surface area (Å²) >= 11 is 0. The normalized spacial score (nSPS) is 9.26. The highest BCUT2D eigenvalue weighted by Gasteiger charge is 2.01. The average molecular weight is 272 g/mol. The van der Waals surface area contributed by atoms with E-state index >= 15 is 0 Å². The number of hydrogen-bond donors (Lipinski definition) is 0. The van der Waals surface area contributed by atoms with Gasteiger partial charge in [-0.05, 0) is 6.58 Å². The van der Waals surface area contributed by atoms with Gasteiger partial charge in [0, 0.05) is 0 Å². The molecule has 0 aromatic rings. The minimum absolute atomic E-state index is 0.115. The van der Waals surface area contributed by atoms with Gasteiger partial charge >= 0.3 is 6.16 Å². The molecule has 0 N–H and O–H groups in total. The van der Waals surface area contributed by atoms with E-state index in [1.54, 1.807) is 6.08 Å². The Morgan fingerprint density at radius 2 is 1.42 bits per heavy atom. The van der Waals surface area contributed by atoms with Gasteiger partial charge in [0.05, 0.1) is 13.2 Å². The van der Waals surface area contributed by atoms with Gasteiger partial charge in [-0.1, -0.05) is 25.3 Å². The lowest BCUT2D eigenvalue weighted by atomic mass is 10.7. The third-order valence-electron chi connectivity index (χ3n) is 1.62. The molecule has 0 aliphatic rings. The molecule has 0 aliphatic heterocycles. The van der Waals surface area contributed by atoms with Crippen molar-refractivity contribution in [2.45, 2.75) is 0 Å². The smallest absolute Gasteiger partial charge is 0.463 e. The summed E-state index contributed by atoms with van der Waals surface area (Å²) in [6.07, 6.45) is 2.30. The monoisotopic (exact) mass is 272 g/mol. The van der Waals surface area contributed by atoms with Crippen LogP contribution in [-0.4, -0.2) is 45.8 Å². The van der Waals surface area contributed by atoms with Crippen molar-refractivity contribution in [3.8, 4) is 0 Å². The third-order valence-corrected chi connectivity index (χ3v) is 1.62. The van der Waals surface area contributed by atoms with Gasteiger partial charge in [0.1, 0.15) is 26.4 Å². The second-order valence-corrected chi connectivity index (χ2v) is 3.13. The number of rotatable bonds is 12. The van der Waals surface area contributed by atoms with Crippen molar-refractivity contribution >= 4 is 6.16 Å². The molecule has 0 unspecified atom stereocenters. The van der Waals surface area contributed by atoms with Gasteiger partial charge in [0.15, 0.2) is 0 Å². The molecule has 0 aromatic heterocycles. The van der Waals surface area contributed by atoms with Gasteiger partial charge in [0.2, 0.25) is 0 Å². The predicted molar refractivity (Wildman–Crippen MR) is 69.6 cm³/mol. The van der Waals surface area contributed by atoms with E-state index in [9.17, 15) is 4.79 Å². The number of carbonyl (C=O) groups excluding carboxylic acids is 1. The summed E-state index contributed by atoms with van der Waals surface area (Å²) < 4.78 is 24.5. The maximum absolute atomic E-state index is 10.9. The van der Waals surface area contributed by atoms with E-state index in [4.69, 9.17) is 18.9 Å². The summed E-state index contributed by atoms with van der Waals surface area (Å²) in [7, 11) is 0. The van der Waals surface area contributed by atoms with Gasteiger partial charge in [-0.15, -0.1) is 0 Å². The highest BCUT2D eigenvalue weighted by Crippen LogP contribution is 1.95. The highest BCUT2D eigenvalue weighted by molar-refractivity contribution is 5.59. The molecule has 0 amide bonds. The van der Waals surface area contributed by atoms with Crippen molar-refractivity contribution in [1.82, 2.24) is 0 Å². The van der Waals surface area contributed by atoms with E-state index in [2.05, 4.69) is 24.5 Å². The van der Waals surface area contributed by atoms with Crippen molar-refractivity contribution in [3.63, 3.8) is 0 Å². The molecule has 0 radical (unpaired) electrons. The van der Waals surface area contributed by atoms with Crippen LogP contribution in [0.2, 0.25) is 0 Å². The molecule has 19 heavy (non-hydrogen) atoms. The zero-order valence-corrected chi connectivity index (χ0v) is 11.0. The lowest BCUT2D eigenvalue weighted by Crippen LogP contribution is -2.14. The Morgan fingerprint density at radius 3 is 2.05 bits per heavy atom. The molecule has 0 aliphatic carbocycles. The zero-order valence-electron chi connectivity index (χ0n) is 11.0. The number of hydrogen-bond acceptors (Lipinski definition) is 6. The van der Waals surface area contributed by atoms with Gasteiger partial charge in [0.25, 0.3) is 5.95 Å². The first-order valence-electron chi connectivity index (χ1n) is 5.74. The van der Waals surface area contributed by atoms with Crippen molar-refractivity contribution in [1.29, 1.82) is 0 Å². The second-order valence-electron chi connectivity index (χ2n) is 3.13. The van der Waals surface area contributed by atoms with Crippen LogP contribution in [0.3, 0.4) is 0 Å². The van der Waals surface area contributed by atoms with Crippen LogP contribution in [0.1, 0.15) is 0 Å². The molecule has 0 rings (SSSR count). The lowest BCUT2D eigenvalue weighted by Gasteiger charge is -2.09. The van der Waals surface area contributed by atoms with Crippen molar-refractivity contribution < 1.29 is 28.5 Å².